The normalized spacial score (nSPS) is 11.2. The summed E-state index contributed by atoms with van der Waals surface area (Å²) in [6.07, 6.45) is -4.77. The largest absolute Gasteiger partial charge is 0.573 e. The number of nitrogens with one attached hydrogen (secondary N) is 1. The van der Waals surface area contributed by atoms with Crippen LogP contribution < -0.4 is 10.1 Å². The van der Waals surface area contributed by atoms with Crippen LogP contribution in [-0.4, -0.2) is 28.5 Å². The first kappa shape index (κ1) is 21.2. The minimum atomic E-state index is -4.77. The fourth-order valence-electron chi connectivity index (χ4n) is 2.62. The Morgan fingerprint density at radius 1 is 1.07 bits per heavy atom. The number of aromatic hydroxyl groups is 1. The van der Waals surface area contributed by atoms with Crippen LogP contribution in [0.3, 0.4) is 0 Å². The summed E-state index contributed by atoms with van der Waals surface area (Å²) in [4.78, 5) is 23.8. The molecule has 0 radical (unpaired) electrons. The Morgan fingerprint density at radius 2 is 1.77 bits per heavy atom. The fraction of sp³-hybridized carbons (Fsp3) is 0.100. The molecule has 0 aliphatic rings. The van der Waals surface area contributed by atoms with E-state index in [0.29, 0.717) is 16.0 Å². The number of hydrogen-bond donors (Lipinski definition) is 3. The van der Waals surface area contributed by atoms with Crippen LogP contribution in [0.5, 0.6) is 11.5 Å². The Kier molecular flexibility index (Phi) is 5.97. The molecular formula is C20H14F3NO5S. The van der Waals surface area contributed by atoms with Crippen molar-refractivity contribution < 1.29 is 37.7 Å². The Bertz CT molecular complexity index is 1080. The summed E-state index contributed by atoms with van der Waals surface area (Å²) >= 11 is 1.13. The van der Waals surface area contributed by atoms with E-state index in [2.05, 4.69) is 10.1 Å². The number of amides is 1. The molecule has 0 unspecified atom stereocenters. The van der Waals surface area contributed by atoms with E-state index in [9.17, 15) is 27.9 Å². The van der Waals surface area contributed by atoms with Gasteiger partial charge in [0.05, 0.1) is 4.88 Å². The van der Waals surface area contributed by atoms with Gasteiger partial charge in [-0.3, -0.25) is 4.79 Å². The first-order valence-corrected chi connectivity index (χ1v) is 9.29. The lowest BCUT2D eigenvalue weighted by Crippen LogP contribution is -2.22. The van der Waals surface area contributed by atoms with Gasteiger partial charge in [0.15, 0.2) is 0 Å². The number of carbonyl (C=O) groups is 2. The fourth-order valence-corrected chi connectivity index (χ4v) is 3.46. The molecule has 0 saturated heterocycles. The molecule has 1 heterocycles. The van der Waals surface area contributed by atoms with Crippen molar-refractivity contribution in [2.45, 2.75) is 12.9 Å². The van der Waals surface area contributed by atoms with Crippen LogP contribution >= 0.6 is 11.3 Å². The number of phenols is 1. The SMILES string of the molecule is O=C(NCc1cccc(C(=O)O)c1O)c1cc(-c2ccc(OC(F)(F)F)cc2)cs1. The second-order valence-electron chi connectivity index (χ2n) is 6.07. The lowest BCUT2D eigenvalue weighted by molar-refractivity contribution is -0.274. The number of carbonyl (C=O) groups excluding carboxylic acids is 1. The lowest BCUT2D eigenvalue weighted by Gasteiger charge is -2.09. The molecule has 1 aromatic heterocycles. The molecular weight excluding hydrogens is 423 g/mol. The van der Waals surface area contributed by atoms with Gasteiger partial charge in [-0.2, -0.15) is 0 Å². The van der Waals surface area contributed by atoms with Gasteiger partial charge in [0.25, 0.3) is 5.91 Å². The van der Waals surface area contributed by atoms with Gasteiger partial charge in [-0.25, -0.2) is 4.79 Å². The predicted molar refractivity (Wildman–Crippen MR) is 103 cm³/mol. The number of carboxylic acids is 1. The monoisotopic (exact) mass is 437 g/mol. The highest BCUT2D eigenvalue weighted by molar-refractivity contribution is 7.12. The minimum absolute atomic E-state index is 0.0809. The number of ether oxygens (including phenoxy) is 1. The molecule has 156 valence electrons. The summed E-state index contributed by atoms with van der Waals surface area (Å²) in [7, 11) is 0. The Hall–Kier alpha value is -3.53. The highest BCUT2D eigenvalue weighted by atomic mass is 32.1. The van der Waals surface area contributed by atoms with Crippen LogP contribution in [-0.2, 0) is 6.54 Å². The van der Waals surface area contributed by atoms with Gasteiger partial charge in [-0.1, -0.05) is 24.3 Å². The summed E-state index contributed by atoms with van der Waals surface area (Å²) in [5.74, 6) is -2.49. The summed E-state index contributed by atoms with van der Waals surface area (Å²) in [6.45, 7) is -0.0809. The molecule has 0 atom stereocenters. The van der Waals surface area contributed by atoms with Gasteiger partial charge >= 0.3 is 12.3 Å². The quantitative estimate of drug-likeness (QED) is 0.522. The number of benzene rings is 2. The van der Waals surface area contributed by atoms with Crippen LogP contribution in [0.15, 0.2) is 53.9 Å². The minimum Gasteiger partial charge on any atom is -0.507 e. The number of thiophene rings is 1. The number of rotatable bonds is 6. The van der Waals surface area contributed by atoms with Gasteiger partial charge < -0.3 is 20.3 Å². The molecule has 1 amide bonds. The van der Waals surface area contributed by atoms with Crippen molar-refractivity contribution in [3.05, 3.63) is 69.9 Å². The number of hydrogen-bond acceptors (Lipinski definition) is 5. The highest BCUT2D eigenvalue weighted by Gasteiger charge is 2.31. The highest BCUT2D eigenvalue weighted by Crippen LogP contribution is 2.29. The summed E-state index contributed by atoms with van der Waals surface area (Å²) < 4.78 is 40.5. The van der Waals surface area contributed by atoms with Crippen LogP contribution in [0, 0.1) is 0 Å². The second-order valence-corrected chi connectivity index (χ2v) is 6.98. The molecule has 0 fully saturated rings. The Labute approximate surface area is 172 Å². The number of carboxylic acid groups (broad SMARTS) is 1. The standard InChI is InChI=1S/C20H14F3NO5S/c21-20(22,23)29-14-6-4-11(5-7-14)13-8-16(30-10-13)18(26)24-9-12-2-1-3-15(17(12)25)19(27)28/h1-8,10,25H,9H2,(H,24,26)(H,27,28). The third-order valence-corrected chi connectivity index (χ3v) is 4.96. The molecule has 0 bridgehead atoms. The van der Waals surface area contributed by atoms with Gasteiger partial charge in [-0.05, 0) is 40.8 Å². The number of halogens is 3. The van der Waals surface area contributed by atoms with E-state index in [1.54, 1.807) is 11.4 Å². The Balaban J connectivity index is 1.67. The van der Waals surface area contributed by atoms with Crippen LogP contribution in [0.4, 0.5) is 13.2 Å². The van der Waals surface area contributed by atoms with Crippen molar-refractivity contribution in [2.24, 2.45) is 0 Å². The lowest BCUT2D eigenvalue weighted by atomic mass is 10.1. The zero-order valence-electron chi connectivity index (χ0n) is 15.1. The van der Waals surface area contributed by atoms with Crippen molar-refractivity contribution in [2.75, 3.05) is 0 Å². The molecule has 3 rings (SSSR count). The van der Waals surface area contributed by atoms with Gasteiger partial charge in [0, 0.05) is 12.1 Å². The van der Waals surface area contributed by atoms with Crippen molar-refractivity contribution in [1.82, 2.24) is 5.32 Å². The van der Waals surface area contributed by atoms with E-state index in [-0.39, 0.29) is 23.4 Å². The maximum atomic E-state index is 12.4. The van der Waals surface area contributed by atoms with Crippen LogP contribution in [0.1, 0.15) is 25.6 Å². The molecule has 0 spiro atoms. The van der Waals surface area contributed by atoms with E-state index in [1.165, 1.54) is 42.5 Å². The average molecular weight is 437 g/mol. The summed E-state index contributed by atoms with van der Waals surface area (Å²) in [5.41, 5.74) is 1.23. The zero-order chi connectivity index (χ0) is 21.9. The topological polar surface area (TPSA) is 95.9 Å². The van der Waals surface area contributed by atoms with E-state index in [0.717, 1.165) is 11.3 Å². The molecule has 2 aromatic carbocycles. The first-order chi connectivity index (χ1) is 14.1. The number of alkyl halides is 3. The third kappa shape index (κ3) is 5.09. The van der Waals surface area contributed by atoms with Gasteiger partial charge in [-0.15, -0.1) is 24.5 Å². The predicted octanol–water partition coefficient (Wildman–Crippen LogP) is 4.65. The van der Waals surface area contributed by atoms with Crippen molar-refractivity contribution in [1.29, 1.82) is 0 Å². The van der Waals surface area contributed by atoms with E-state index >= 15 is 0 Å². The molecule has 3 N–H and O–H groups in total. The van der Waals surface area contributed by atoms with Crippen molar-refractivity contribution in [3.63, 3.8) is 0 Å². The smallest absolute Gasteiger partial charge is 0.507 e. The molecule has 10 heteroatoms. The molecule has 0 aliphatic carbocycles. The van der Waals surface area contributed by atoms with Gasteiger partial charge in [0.2, 0.25) is 0 Å². The molecule has 3 aromatic rings. The van der Waals surface area contributed by atoms with E-state index < -0.39 is 24.0 Å². The summed E-state index contributed by atoms with van der Waals surface area (Å²) in [5, 5.41) is 23.3. The third-order valence-electron chi connectivity index (χ3n) is 4.03. The average Bonchev–Trinajstić information content (AvgIpc) is 3.16. The van der Waals surface area contributed by atoms with E-state index in [4.69, 9.17) is 5.11 Å². The summed E-state index contributed by atoms with van der Waals surface area (Å²) in [6, 6.07) is 11.0. The van der Waals surface area contributed by atoms with Crippen LogP contribution in [0.2, 0.25) is 0 Å². The maximum Gasteiger partial charge on any atom is 0.573 e. The zero-order valence-corrected chi connectivity index (χ0v) is 15.9. The molecule has 30 heavy (non-hydrogen) atoms. The number of aromatic carboxylic acids is 1. The van der Waals surface area contributed by atoms with Crippen molar-refractivity contribution in [3.8, 4) is 22.6 Å². The maximum absolute atomic E-state index is 12.4. The van der Waals surface area contributed by atoms with E-state index in [1.807, 2.05) is 0 Å². The molecule has 0 aliphatic heterocycles. The second kappa shape index (κ2) is 8.46. The van der Waals surface area contributed by atoms with Gasteiger partial charge in [0.1, 0.15) is 17.1 Å². The Morgan fingerprint density at radius 3 is 2.40 bits per heavy atom. The number of para-hydroxylation sites is 1. The van der Waals surface area contributed by atoms with Crippen molar-refractivity contribution >= 4 is 23.2 Å². The van der Waals surface area contributed by atoms with Crippen LogP contribution in [0.25, 0.3) is 11.1 Å². The molecule has 6 nitrogen and oxygen atoms in total. The molecule has 0 saturated carbocycles. The first-order valence-electron chi connectivity index (χ1n) is 8.41.